The average molecular weight is 495 g/mol. The van der Waals surface area contributed by atoms with Gasteiger partial charge in [-0.3, -0.25) is 9.59 Å². The van der Waals surface area contributed by atoms with Crippen molar-refractivity contribution in [2.75, 3.05) is 11.4 Å². The number of rotatable bonds is 3. The molecule has 1 aromatic rings. The molecule has 1 aliphatic heterocycles. The highest BCUT2D eigenvalue weighted by molar-refractivity contribution is 6.30. The third-order valence-corrected chi connectivity index (χ3v) is 11.2. The normalized spacial score (nSPS) is 38.7. The molecule has 1 heterocycles. The second-order valence-electron chi connectivity index (χ2n) is 12.5. The van der Waals surface area contributed by atoms with Gasteiger partial charge in [0.1, 0.15) is 0 Å². The van der Waals surface area contributed by atoms with Crippen LogP contribution in [0.15, 0.2) is 36.0 Å². The van der Waals surface area contributed by atoms with Crippen LogP contribution in [0.2, 0.25) is 5.02 Å². The molecule has 1 amide bonds. The van der Waals surface area contributed by atoms with Gasteiger partial charge in [0.2, 0.25) is 5.91 Å². The molecule has 4 fully saturated rings. The van der Waals surface area contributed by atoms with E-state index < -0.39 is 0 Å². The van der Waals surface area contributed by atoms with Crippen LogP contribution in [-0.2, 0) is 9.59 Å². The first-order valence-electron chi connectivity index (χ1n) is 13.9. The largest absolute Gasteiger partial charge is 0.387 e. The summed E-state index contributed by atoms with van der Waals surface area (Å²) in [7, 11) is 0. The lowest BCUT2D eigenvalue weighted by molar-refractivity contribution is -0.130. The number of allylic oxidation sites excluding steroid dienone is 2. The maximum Gasteiger partial charge on any atom is 0.230 e. The number of hydrogen-bond donors (Lipinski definition) is 1. The average Bonchev–Trinajstić information content (AvgIpc) is 3.48. The smallest absolute Gasteiger partial charge is 0.230 e. The van der Waals surface area contributed by atoms with Crippen LogP contribution in [0.1, 0.15) is 78.1 Å². The number of carbonyl (C=O) groups excluding carboxylic acids is 2. The lowest BCUT2D eigenvalue weighted by Crippen LogP contribution is -2.57. The van der Waals surface area contributed by atoms with E-state index >= 15 is 0 Å². The molecule has 6 atom stereocenters. The third kappa shape index (κ3) is 3.69. The summed E-state index contributed by atoms with van der Waals surface area (Å²) < 4.78 is 0. The zero-order valence-corrected chi connectivity index (χ0v) is 21.9. The number of carbonyl (C=O) groups is 2. The van der Waals surface area contributed by atoms with E-state index in [0.717, 1.165) is 62.2 Å². The number of nitrogens with zero attached hydrogens (tertiary/aromatic N) is 1. The Morgan fingerprint density at radius 2 is 1.74 bits per heavy atom. The summed E-state index contributed by atoms with van der Waals surface area (Å²) in [5.74, 6) is 2.46. The Labute approximate surface area is 214 Å². The number of fused-ring (bicyclic) bond motifs is 5. The van der Waals surface area contributed by atoms with Gasteiger partial charge in [-0.15, -0.1) is 0 Å². The number of hydrogen-bond acceptors (Lipinski definition) is 3. The van der Waals surface area contributed by atoms with Crippen molar-refractivity contribution in [1.29, 1.82) is 0 Å². The summed E-state index contributed by atoms with van der Waals surface area (Å²) in [5.41, 5.74) is 2.32. The molecule has 0 radical (unpaired) electrons. The molecule has 6 rings (SSSR count). The minimum atomic E-state index is 0.0469. The van der Waals surface area contributed by atoms with Gasteiger partial charge in [-0.25, -0.2) is 0 Å². The Hall–Kier alpha value is -1.81. The number of halogens is 1. The summed E-state index contributed by atoms with van der Waals surface area (Å²) in [6.07, 6.45) is 12.6. The molecule has 1 N–H and O–H groups in total. The van der Waals surface area contributed by atoms with Crippen LogP contribution < -0.4 is 10.2 Å². The molecular formula is C30H39ClN2O2. The Kier molecular flexibility index (Phi) is 5.82. The van der Waals surface area contributed by atoms with Gasteiger partial charge >= 0.3 is 0 Å². The minimum Gasteiger partial charge on any atom is -0.387 e. The summed E-state index contributed by atoms with van der Waals surface area (Å²) in [5, 5.41) is 4.41. The predicted molar refractivity (Wildman–Crippen MR) is 140 cm³/mol. The maximum absolute atomic E-state index is 14.4. The van der Waals surface area contributed by atoms with Crippen LogP contribution in [0.5, 0.6) is 0 Å². The lowest BCUT2D eigenvalue weighted by Gasteiger charge is -2.58. The number of nitrogens with one attached hydrogen (secondary N) is 1. The van der Waals surface area contributed by atoms with Gasteiger partial charge in [-0.05, 0) is 92.4 Å². The van der Waals surface area contributed by atoms with Crippen molar-refractivity contribution < 1.29 is 9.59 Å². The number of benzene rings is 1. The molecule has 5 aliphatic rings. The van der Waals surface area contributed by atoms with Crippen LogP contribution in [0.4, 0.5) is 5.69 Å². The van der Waals surface area contributed by atoms with Crippen LogP contribution in [0.3, 0.4) is 0 Å². The van der Waals surface area contributed by atoms with Gasteiger partial charge in [0.15, 0.2) is 5.78 Å². The van der Waals surface area contributed by atoms with E-state index in [-0.39, 0.29) is 22.5 Å². The van der Waals surface area contributed by atoms with Crippen molar-refractivity contribution >= 4 is 29.0 Å². The molecule has 5 heteroatoms. The predicted octanol–water partition coefficient (Wildman–Crippen LogP) is 6.53. The van der Waals surface area contributed by atoms with E-state index in [1.54, 1.807) is 0 Å². The number of anilines is 1. The Balaban J connectivity index is 1.29. The van der Waals surface area contributed by atoms with Crippen molar-refractivity contribution in [3.8, 4) is 0 Å². The van der Waals surface area contributed by atoms with Crippen LogP contribution in [0.25, 0.3) is 0 Å². The van der Waals surface area contributed by atoms with Gasteiger partial charge < -0.3 is 10.2 Å². The lowest BCUT2D eigenvalue weighted by atomic mass is 9.50. The molecular weight excluding hydrogens is 456 g/mol. The molecule has 1 aromatic carbocycles. The first-order chi connectivity index (χ1) is 16.8. The van der Waals surface area contributed by atoms with Crippen molar-refractivity contribution in [2.24, 2.45) is 34.5 Å². The third-order valence-electron chi connectivity index (χ3n) is 10.9. The number of piperidine rings is 1. The highest BCUT2D eigenvalue weighted by Crippen LogP contribution is 2.64. The van der Waals surface area contributed by atoms with E-state index in [4.69, 9.17) is 11.6 Å². The van der Waals surface area contributed by atoms with E-state index in [0.29, 0.717) is 36.1 Å². The zero-order valence-electron chi connectivity index (χ0n) is 21.2. The summed E-state index contributed by atoms with van der Waals surface area (Å²) >= 11 is 6.20. The highest BCUT2D eigenvalue weighted by atomic mass is 35.5. The fourth-order valence-corrected chi connectivity index (χ4v) is 9.13. The van der Waals surface area contributed by atoms with E-state index in [9.17, 15) is 9.59 Å². The summed E-state index contributed by atoms with van der Waals surface area (Å²) in [6.45, 7) is 5.76. The zero-order chi connectivity index (χ0) is 24.4. The maximum atomic E-state index is 14.4. The molecule has 4 nitrogen and oxygen atoms in total. The second kappa shape index (κ2) is 8.64. The summed E-state index contributed by atoms with van der Waals surface area (Å²) in [4.78, 5) is 28.7. The number of amides is 1. The van der Waals surface area contributed by atoms with Gasteiger partial charge in [0.05, 0.1) is 0 Å². The van der Waals surface area contributed by atoms with Crippen molar-refractivity contribution in [1.82, 2.24) is 5.32 Å². The molecule has 188 valence electrons. The Bertz CT molecular complexity index is 1040. The molecule has 0 bridgehead atoms. The van der Waals surface area contributed by atoms with Crippen LogP contribution in [-0.4, -0.2) is 24.3 Å². The van der Waals surface area contributed by atoms with E-state index in [1.807, 2.05) is 30.3 Å². The van der Waals surface area contributed by atoms with Crippen molar-refractivity contribution in [3.05, 3.63) is 41.1 Å². The molecule has 1 unspecified atom stereocenters. The minimum absolute atomic E-state index is 0.0469. The van der Waals surface area contributed by atoms with Crippen LogP contribution >= 0.6 is 11.6 Å². The monoisotopic (exact) mass is 494 g/mol. The quantitative estimate of drug-likeness (QED) is 0.519. The summed E-state index contributed by atoms with van der Waals surface area (Å²) in [6, 6.07) is 8.23. The molecule has 0 aromatic heterocycles. The van der Waals surface area contributed by atoms with Gasteiger partial charge in [0.25, 0.3) is 0 Å². The Morgan fingerprint density at radius 3 is 2.49 bits per heavy atom. The number of ketones is 1. The van der Waals surface area contributed by atoms with Gasteiger partial charge in [-0.1, -0.05) is 38.3 Å². The molecule has 4 aliphatic carbocycles. The second-order valence-corrected chi connectivity index (χ2v) is 12.9. The van der Waals surface area contributed by atoms with Crippen molar-refractivity contribution in [2.45, 2.75) is 84.1 Å². The first kappa shape index (κ1) is 23.6. The SMILES string of the molecule is C[C@]12CCC(=O)C=C1NC[C@@H]1[C@H]2CC[C@]2(C)C(C(=O)N(c3ccc(Cl)cc3)C3CCCC3)CC[C@@H]12. The Morgan fingerprint density at radius 1 is 1.00 bits per heavy atom. The topological polar surface area (TPSA) is 49.4 Å². The fraction of sp³-hybridized carbons (Fsp3) is 0.667. The molecule has 1 saturated heterocycles. The fourth-order valence-electron chi connectivity index (χ4n) is 9.00. The molecule has 3 saturated carbocycles. The first-order valence-corrected chi connectivity index (χ1v) is 14.3. The van der Waals surface area contributed by atoms with E-state index in [2.05, 4.69) is 24.1 Å². The van der Waals surface area contributed by atoms with Crippen LogP contribution in [0, 0.1) is 34.5 Å². The van der Waals surface area contributed by atoms with Gasteiger partial charge in [0, 0.05) is 52.8 Å². The standard InChI is InChI=1S/C30H39ClN2O2/c1-29-16-14-25-23(18-32-27-17-22(34)13-15-30(25,27)2)24(29)11-12-26(29)28(35)33(20-5-3-4-6-20)21-9-7-19(31)8-10-21/h7-10,17,20,23-26,32H,3-6,11-16,18H2,1-2H3/t23-,24-,25+,26?,29-,30+/m0/s1. The highest BCUT2D eigenvalue weighted by Gasteiger charge is 2.61. The molecule has 35 heavy (non-hydrogen) atoms. The van der Waals surface area contributed by atoms with E-state index in [1.165, 1.54) is 18.5 Å². The van der Waals surface area contributed by atoms with Gasteiger partial charge in [-0.2, -0.15) is 0 Å². The van der Waals surface area contributed by atoms with Crippen molar-refractivity contribution in [3.63, 3.8) is 0 Å². The molecule has 0 spiro atoms.